The Morgan fingerprint density at radius 1 is 0.882 bits per heavy atom. The molecular weight excluding hydrogens is 204 g/mol. The molecule has 1 aliphatic rings. The SMILES string of the molecule is CCCC(CCC(C)C1C(C)C1C)C(C)CC. The quantitative estimate of drug-likeness (QED) is 0.504. The summed E-state index contributed by atoms with van der Waals surface area (Å²) in [7, 11) is 0. The summed E-state index contributed by atoms with van der Waals surface area (Å²) in [5, 5.41) is 0. The summed E-state index contributed by atoms with van der Waals surface area (Å²) in [6.07, 6.45) is 7.10. The van der Waals surface area contributed by atoms with Crippen LogP contribution in [0.15, 0.2) is 0 Å². The highest BCUT2D eigenvalue weighted by Gasteiger charge is 2.45. The van der Waals surface area contributed by atoms with Gasteiger partial charge in [-0.2, -0.15) is 0 Å². The van der Waals surface area contributed by atoms with Gasteiger partial charge in [-0.25, -0.2) is 0 Å². The minimum absolute atomic E-state index is 0.927. The largest absolute Gasteiger partial charge is 0.0654 e. The lowest BCUT2D eigenvalue weighted by atomic mass is 9.82. The maximum atomic E-state index is 2.49. The van der Waals surface area contributed by atoms with Crippen molar-refractivity contribution >= 4 is 0 Å². The molecule has 0 N–H and O–H groups in total. The van der Waals surface area contributed by atoms with Crippen LogP contribution in [0.5, 0.6) is 0 Å². The Morgan fingerprint density at radius 3 is 1.88 bits per heavy atom. The van der Waals surface area contributed by atoms with Gasteiger partial charge in [0.25, 0.3) is 0 Å². The first-order valence-corrected chi connectivity index (χ1v) is 8.02. The van der Waals surface area contributed by atoms with Crippen LogP contribution >= 0.6 is 0 Å². The molecule has 1 rings (SSSR count). The molecule has 0 aromatic heterocycles. The Bertz CT molecular complexity index is 200. The second kappa shape index (κ2) is 6.81. The molecule has 0 saturated heterocycles. The third-order valence-corrected chi connectivity index (χ3v) is 5.66. The van der Waals surface area contributed by atoms with Crippen LogP contribution in [0, 0.1) is 35.5 Å². The van der Waals surface area contributed by atoms with Gasteiger partial charge < -0.3 is 0 Å². The van der Waals surface area contributed by atoms with E-state index in [9.17, 15) is 0 Å². The van der Waals surface area contributed by atoms with Crippen molar-refractivity contribution in [1.29, 1.82) is 0 Å². The molecule has 1 fully saturated rings. The average molecular weight is 238 g/mol. The molecule has 5 unspecified atom stereocenters. The molecule has 0 amide bonds. The Labute approximate surface area is 110 Å². The third-order valence-electron chi connectivity index (χ3n) is 5.66. The van der Waals surface area contributed by atoms with E-state index >= 15 is 0 Å². The highest BCUT2D eigenvalue weighted by atomic mass is 14.5. The molecule has 0 aromatic carbocycles. The predicted octanol–water partition coefficient (Wildman–Crippen LogP) is 5.77. The standard InChI is InChI=1S/C17H34/c1-7-9-16(12(3)8-2)11-10-13(4)17-14(5)15(17)6/h12-17H,7-11H2,1-6H3. The van der Waals surface area contributed by atoms with Crippen molar-refractivity contribution in [2.45, 2.75) is 73.6 Å². The van der Waals surface area contributed by atoms with E-state index in [1.54, 1.807) is 0 Å². The zero-order valence-corrected chi connectivity index (χ0v) is 13.0. The van der Waals surface area contributed by atoms with E-state index in [1.807, 2.05) is 0 Å². The van der Waals surface area contributed by atoms with Crippen LogP contribution in [-0.2, 0) is 0 Å². The van der Waals surface area contributed by atoms with Crippen LogP contribution in [0.3, 0.4) is 0 Å². The monoisotopic (exact) mass is 238 g/mol. The van der Waals surface area contributed by atoms with Crippen molar-refractivity contribution in [1.82, 2.24) is 0 Å². The number of hydrogen-bond donors (Lipinski definition) is 0. The smallest absolute Gasteiger partial charge is 0.0332 e. The van der Waals surface area contributed by atoms with Crippen molar-refractivity contribution < 1.29 is 0 Å². The highest BCUT2D eigenvalue weighted by molar-refractivity contribution is 4.93. The van der Waals surface area contributed by atoms with E-state index in [2.05, 4.69) is 41.5 Å². The van der Waals surface area contributed by atoms with Gasteiger partial charge in [0.05, 0.1) is 0 Å². The summed E-state index contributed by atoms with van der Waals surface area (Å²) in [5.74, 6) is 5.90. The molecule has 5 atom stereocenters. The Hall–Kier alpha value is 0. The molecule has 17 heavy (non-hydrogen) atoms. The van der Waals surface area contributed by atoms with Crippen molar-refractivity contribution in [2.24, 2.45) is 35.5 Å². The lowest BCUT2D eigenvalue weighted by Crippen LogP contribution is -2.13. The zero-order valence-electron chi connectivity index (χ0n) is 13.0. The lowest BCUT2D eigenvalue weighted by Gasteiger charge is -2.24. The van der Waals surface area contributed by atoms with Gasteiger partial charge in [0.15, 0.2) is 0 Å². The maximum Gasteiger partial charge on any atom is -0.0332 e. The van der Waals surface area contributed by atoms with Crippen LogP contribution in [0.1, 0.15) is 73.6 Å². The van der Waals surface area contributed by atoms with E-state index in [-0.39, 0.29) is 0 Å². The fraction of sp³-hybridized carbons (Fsp3) is 1.00. The van der Waals surface area contributed by atoms with Crippen LogP contribution in [0.2, 0.25) is 0 Å². The minimum Gasteiger partial charge on any atom is -0.0654 e. The average Bonchev–Trinajstić information content (AvgIpc) is 2.91. The first-order chi connectivity index (χ1) is 8.02. The first kappa shape index (κ1) is 15.1. The Morgan fingerprint density at radius 2 is 1.47 bits per heavy atom. The summed E-state index contributed by atoms with van der Waals surface area (Å²) in [6.45, 7) is 14.5. The van der Waals surface area contributed by atoms with E-state index in [0.29, 0.717) is 0 Å². The van der Waals surface area contributed by atoms with Gasteiger partial charge in [0.2, 0.25) is 0 Å². The first-order valence-electron chi connectivity index (χ1n) is 8.02. The van der Waals surface area contributed by atoms with Crippen LogP contribution < -0.4 is 0 Å². The van der Waals surface area contributed by atoms with E-state index in [1.165, 1.54) is 32.1 Å². The summed E-state index contributed by atoms with van der Waals surface area (Å²) in [6, 6.07) is 0. The maximum absolute atomic E-state index is 2.49. The van der Waals surface area contributed by atoms with E-state index in [4.69, 9.17) is 0 Å². The number of hydrogen-bond acceptors (Lipinski definition) is 0. The van der Waals surface area contributed by atoms with Gasteiger partial charge in [-0.1, -0.05) is 67.2 Å². The zero-order chi connectivity index (χ0) is 13.0. The number of rotatable bonds is 8. The third kappa shape index (κ3) is 4.00. The molecule has 0 aliphatic heterocycles. The summed E-state index contributed by atoms with van der Waals surface area (Å²) in [4.78, 5) is 0. The predicted molar refractivity (Wildman–Crippen MR) is 78.1 cm³/mol. The fourth-order valence-corrected chi connectivity index (χ4v) is 3.82. The van der Waals surface area contributed by atoms with Crippen molar-refractivity contribution in [3.63, 3.8) is 0 Å². The topological polar surface area (TPSA) is 0 Å². The molecule has 1 saturated carbocycles. The summed E-state index contributed by atoms with van der Waals surface area (Å²) < 4.78 is 0. The van der Waals surface area contributed by atoms with Gasteiger partial charge in [-0.3, -0.25) is 0 Å². The van der Waals surface area contributed by atoms with Crippen LogP contribution in [0.25, 0.3) is 0 Å². The van der Waals surface area contributed by atoms with E-state index in [0.717, 1.165) is 35.5 Å². The molecule has 0 nitrogen and oxygen atoms in total. The molecule has 0 heterocycles. The van der Waals surface area contributed by atoms with Gasteiger partial charge in [-0.05, 0) is 41.9 Å². The van der Waals surface area contributed by atoms with Crippen LogP contribution in [-0.4, -0.2) is 0 Å². The summed E-state index contributed by atoms with van der Waals surface area (Å²) >= 11 is 0. The molecule has 1 aliphatic carbocycles. The van der Waals surface area contributed by atoms with Crippen LogP contribution in [0.4, 0.5) is 0 Å². The van der Waals surface area contributed by atoms with Gasteiger partial charge >= 0.3 is 0 Å². The molecule has 0 aromatic rings. The molecule has 0 bridgehead atoms. The van der Waals surface area contributed by atoms with Gasteiger partial charge in [-0.15, -0.1) is 0 Å². The molecule has 0 spiro atoms. The van der Waals surface area contributed by atoms with Crippen molar-refractivity contribution in [2.75, 3.05) is 0 Å². The van der Waals surface area contributed by atoms with Crippen molar-refractivity contribution in [3.05, 3.63) is 0 Å². The van der Waals surface area contributed by atoms with Gasteiger partial charge in [0.1, 0.15) is 0 Å². The molecule has 0 radical (unpaired) electrons. The highest BCUT2D eigenvalue weighted by Crippen LogP contribution is 2.51. The van der Waals surface area contributed by atoms with Crippen molar-refractivity contribution in [3.8, 4) is 0 Å². The second-order valence-corrected chi connectivity index (χ2v) is 6.78. The fourth-order valence-electron chi connectivity index (χ4n) is 3.82. The van der Waals surface area contributed by atoms with E-state index < -0.39 is 0 Å². The molecule has 0 heteroatoms. The molecule has 102 valence electrons. The minimum atomic E-state index is 0.927. The van der Waals surface area contributed by atoms with Gasteiger partial charge in [0, 0.05) is 0 Å². The summed E-state index contributed by atoms with van der Waals surface area (Å²) in [5.41, 5.74) is 0. The second-order valence-electron chi connectivity index (χ2n) is 6.78. The Balaban J connectivity index is 2.31. The normalized spacial score (nSPS) is 33.2. The molecular formula is C17H34. The Kier molecular flexibility index (Phi) is 6.03. The lowest BCUT2D eigenvalue weighted by molar-refractivity contribution is 0.271.